The number of carbonyl (C=O) groups excluding carboxylic acids is 2. The van der Waals surface area contributed by atoms with Crippen LogP contribution in [0.4, 0.5) is 0 Å². The minimum Gasteiger partial charge on any atom is -0.461 e. The number of aromatic nitrogens is 1. The number of nitrogens with zero attached hydrogens (tertiary/aromatic N) is 1. The molecule has 5 nitrogen and oxygen atoms in total. The van der Waals surface area contributed by atoms with E-state index in [2.05, 4.69) is 10.3 Å². The molecule has 1 aromatic rings. The molecule has 1 unspecified atom stereocenters. The number of alkyl halides is 3. The second-order valence-corrected chi connectivity index (χ2v) is 7.16. The molecule has 2 rings (SSSR count). The number of nitrogens with one attached hydrogen (secondary N) is 1. The van der Waals surface area contributed by atoms with Gasteiger partial charge < -0.3 is 10.1 Å². The monoisotopic (exact) mass is 364 g/mol. The van der Waals surface area contributed by atoms with Crippen molar-refractivity contribution < 1.29 is 14.3 Å². The van der Waals surface area contributed by atoms with Gasteiger partial charge in [-0.2, -0.15) is 0 Å². The maximum atomic E-state index is 11.8. The van der Waals surface area contributed by atoms with E-state index >= 15 is 0 Å². The van der Waals surface area contributed by atoms with Crippen molar-refractivity contribution >= 4 is 46.7 Å². The van der Waals surface area contributed by atoms with Crippen molar-refractivity contribution in [3.05, 3.63) is 29.1 Å². The Balaban J connectivity index is 2.26. The molecule has 0 bridgehead atoms. The number of aryl methyl sites for hydroxylation is 1. The van der Waals surface area contributed by atoms with Crippen LogP contribution in [0.15, 0.2) is 12.1 Å². The molecule has 8 heteroatoms. The average Bonchev–Trinajstić information content (AvgIpc) is 2.46. The van der Waals surface area contributed by atoms with E-state index in [1.807, 2.05) is 6.07 Å². The van der Waals surface area contributed by atoms with E-state index in [0.29, 0.717) is 12.1 Å². The quantitative estimate of drug-likeness (QED) is 0.660. The first-order chi connectivity index (χ1) is 10.3. The number of ether oxygens (including phenoxy) is 1. The molecule has 1 atom stereocenters. The Morgan fingerprint density at radius 1 is 1.41 bits per heavy atom. The van der Waals surface area contributed by atoms with E-state index < -0.39 is 15.7 Å². The Morgan fingerprint density at radius 2 is 2.14 bits per heavy atom. The Hall–Kier alpha value is -1.04. The Bertz CT molecular complexity index is 587. The summed E-state index contributed by atoms with van der Waals surface area (Å²) in [5, 5.41) is 2.66. The zero-order valence-corrected chi connectivity index (χ0v) is 14.1. The highest BCUT2D eigenvalue weighted by atomic mass is 35.6. The van der Waals surface area contributed by atoms with Crippen LogP contribution in [0.1, 0.15) is 47.6 Å². The van der Waals surface area contributed by atoms with Gasteiger partial charge in [0.15, 0.2) is 0 Å². The first-order valence-electron chi connectivity index (χ1n) is 6.87. The summed E-state index contributed by atoms with van der Waals surface area (Å²) in [4.78, 5) is 28.0. The van der Waals surface area contributed by atoms with Crippen LogP contribution in [-0.2, 0) is 16.0 Å². The van der Waals surface area contributed by atoms with Crippen molar-refractivity contribution in [3.8, 4) is 0 Å². The molecule has 0 spiro atoms. The van der Waals surface area contributed by atoms with Gasteiger partial charge >= 0.3 is 5.97 Å². The van der Waals surface area contributed by atoms with Crippen molar-refractivity contribution in [2.24, 2.45) is 0 Å². The van der Waals surface area contributed by atoms with Gasteiger partial charge in [0.05, 0.1) is 18.3 Å². The van der Waals surface area contributed by atoms with Crippen molar-refractivity contribution in [2.45, 2.75) is 36.0 Å². The number of amides is 1. The molecule has 1 N–H and O–H groups in total. The second kappa shape index (κ2) is 7.02. The van der Waals surface area contributed by atoms with Gasteiger partial charge in [-0.3, -0.25) is 4.79 Å². The zero-order chi connectivity index (χ0) is 16.3. The number of hydrogen-bond donors (Lipinski definition) is 1. The van der Waals surface area contributed by atoms with Crippen LogP contribution in [0.5, 0.6) is 0 Å². The molecule has 0 aliphatic heterocycles. The van der Waals surface area contributed by atoms with Gasteiger partial charge in [0.2, 0.25) is 0 Å². The lowest BCUT2D eigenvalue weighted by molar-refractivity contribution is -0.121. The highest BCUT2D eigenvalue weighted by Crippen LogP contribution is 2.32. The molecular weight excluding hydrogens is 351 g/mol. The Kier molecular flexibility index (Phi) is 5.53. The summed E-state index contributed by atoms with van der Waals surface area (Å²) in [6.45, 7) is 1.99. The minimum absolute atomic E-state index is 0.204. The standard InChI is InChI=1S/C14H15Cl3N2O3/c1-2-22-12(20)10-7-6-8-4-3-5-9(11(8)18-10)19-13(21)14(15,16)17/h6-7,9H,2-5H2,1H3,(H,19,21). The third-order valence-electron chi connectivity index (χ3n) is 3.33. The molecule has 1 heterocycles. The second-order valence-electron chi connectivity index (χ2n) is 4.88. The van der Waals surface area contributed by atoms with E-state index in [4.69, 9.17) is 39.5 Å². The van der Waals surface area contributed by atoms with Gasteiger partial charge in [0, 0.05) is 0 Å². The molecule has 1 aliphatic rings. The van der Waals surface area contributed by atoms with Crippen molar-refractivity contribution in [3.63, 3.8) is 0 Å². The Morgan fingerprint density at radius 3 is 2.77 bits per heavy atom. The van der Waals surface area contributed by atoms with Crippen LogP contribution in [0, 0.1) is 0 Å². The number of carbonyl (C=O) groups is 2. The third-order valence-corrected chi connectivity index (χ3v) is 3.84. The maximum Gasteiger partial charge on any atom is 0.356 e. The fourth-order valence-corrected chi connectivity index (χ4v) is 2.51. The summed E-state index contributed by atoms with van der Waals surface area (Å²) in [6, 6.07) is 3.05. The van der Waals surface area contributed by atoms with Crippen LogP contribution in [-0.4, -0.2) is 27.3 Å². The average molecular weight is 366 g/mol. The molecule has 1 aliphatic carbocycles. The number of fused-ring (bicyclic) bond motifs is 1. The maximum absolute atomic E-state index is 11.8. The molecule has 0 aromatic carbocycles. The topological polar surface area (TPSA) is 68.3 Å². The number of pyridine rings is 1. The normalized spacial score (nSPS) is 17.5. The fourth-order valence-electron chi connectivity index (χ4n) is 2.35. The SMILES string of the molecule is CCOC(=O)c1ccc2c(n1)C(NC(=O)C(Cl)(Cl)Cl)CCC2. The number of hydrogen-bond acceptors (Lipinski definition) is 4. The molecule has 0 fully saturated rings. The van der Waals surface area contributed by atoms with Gasteiger partial charge in [-0.15, -0.1) is 0 Å². The van der Waals surface area contributed by atoms with Crippen LogP contribution >= 0.6 is 34.8 Å². The van der Waals surface area contributed by atoms with Crippen molar-refractivity contribution in [2.75, 3.05) is 6.61 Å². The molecule has 1 amide bonds. The van der Waals surface area contributed by atoms with E-state index in [0.717, 1.165) is 18.4 Å². The highest BCUT2D eigenvalue weighted by Gasteiger charge is 2.34. The first kappa shape index (κ1) is 17.3. The summed E-state index contributed by atoms with van der Waals surface area (Å²) < 4.78 is 2.91. The molecule has 120 valence electrons. The highest BCUT2D eigenvalue weighted by molar-refractivity contribution is 6.76. The van der Waals surface area contributed by atoms with Crippen LogP contribution < -0.4 is 5.32 Å². The van der Waals surface area contributed by atoms with E-state index in [1.165, 1.54) is 0 Å². The molecule has 0 saturated heterocycles. The molecule has 0 saturated carbocycles. The summed E-state index contributed by atoms with van der Waals surface area (Å²) in [5.41, 5.74) is 1.80. The summed E-state index contributed by atoms with van der Waals surface area (Å²) >= 11 is 16.7. The fraction of sp³-hybridized carbons (Fsp3) is 0.500. The summed E-state index contributed by atoms with van der Waals surface area (Å²) in [7, 11) is 0. The smallest absolute Gasteiger partial charge is 0.356 e. The lowest BCUT2D eigenvalue weighted by Crippen LogP contribution is -2.39. The predicted octanol–water partition coefficient (Wildman–Crippen LogP) is 3.12. The largest absolute Gasteiger partial charge is 0.461 e. The number of halogens is 3. The zero-order valence-electron chi connectivity index (χ0n) is 11.9. The van der Waals surface area contributed by atoms with Gasteiger partial charge in [-0.05, 0) is 37.8 Å². The molecule has 1 aromatic heterocycles. The summed E-state index contributed by atoms with van der Waals surface area (Å²) in [6.07, 6.45) is 2.36. The van der Waals surface area contributed by atoms with E-state index in [1.54, 1.807) is 13.0 Å². The minimum atomic E-state index is -2.03. The number of esters is 1. The van der Waals surface area contributed by atoms with Crippen LogP contribution in [0.2, 0.25) is 0 Å². The lowest BCUT2D eigenvalue weighted by Gasteiger charge is -2.26. The van der Waals surface area contributed by atoms with Gasteiger partial charge in [-0.1, -0.05) is 40.9 Å². The third kappa shape index (κ3) is 4.03. The Labute approximate surface area is 143 Å². The molecular formula is C14H15Cl3N2O3. The number of rotatable bonds is 3. The van der Waals surface area contributed by atoms with Crippen molar-refractivity contribution in [1.29, 1.82) is 0 Å². The van der Waals surface area contributed by atoms with Crippen LogP contribution in [0.25, 0.3) is 0 Å². The van der Waals surface area contributed by atoms with Crippen molar-refractivity contribution in [1.82, 2.24) is 10.3 Å². The lowest BCUT2D eigenvalue weighted by atomic mass is 9.91. The van der Waals surface area contributed by atoms with E-state index in [9.17, 15) is 9.59 Å². The summed E-state index contributed by atoms with van der Waals surface area (Å²) in [5.74, 6) is -1.21. The van der Waals surface area contributed by atoms with Gasteiger partial charge in [0.25, 0.3) is 9.70 Å². The molecule has 22 heavy (non-hydrogen) atoms. The van der Waals surface area contributed by atoms with Gasteiger partial charge in [-0.25, -0.2) is 9.78 Å². The predicted molar refractivity (Wildman–Crippen MR) is 84.3 cm³/mol. The van der Waals surface area contributed by atoms with E-state index in [-0.39, 0.29) is 18.3 Å². The van der Waals surface area contributed by atoms with Gasteiger partial charge in [0.1, 0.15) is 5.69 Å². The molecule has 0 radical (unpaired) electrons. The first-order valence-corrected chi connectivity index (χ1v) is 8.01. The van der Waals surface area contributed by atoms with Crippen LogP contribution in [0.3, 0.4) is 0 Å².